The fraction of sp³-hybridized carbons (Fsp3) is 0.276. The molecule has 1 atom stereocenters. The molecule has 8 nitrogen and oxygen atoms in total. The van der Waals surface area contributed by atoms with Gasteiger partial charge in [-0.05, 0) is 49.1 Å². The van der Waals surface area contributed by atoms with Gasteiger partial charge >= 0.3 is 12.1 Å². The van der Waals surface area contributed by atoms with Crippen molar-refractivity contribution in [1.82, 2.24) is 14.5 Å². The number of carboxylic acids is 1. The first kappa shape index (κ1) is 24.4. The van der Waals surface area contributed by atoms with E-state index in [9.17, 15) is 14.7 Å². The molecule has 5 rings (SSSR count). The molecular weight excluding hydrogens is 470 g/mol. The Morgan fingerprint density at radius 3 is 2.57 bits per heavy atom. The van der Waals surface area contributed by atoms with Gasteiger partial charge in [-0.3, -0.25) is 0 Å². The van der Waals surface area contributed by atoms with E-state index in [0.29, 0.717) is 13.1 Å². The van der Waals surface area contributed by atoms with Gasteiger partial charge in [-0.25, -0.2) is 14.6 Å². The van der Waals surface area contributed by atoms with Crippen molar-refractivity contribution in [2.45, 2.75) is 32.4 Å². The number of carbonyl (C=O) groups is 2. The summed E-state index contributed by atoms with van der Waals surface area (Å²) in [5.41, 5.74) is 6.03. The summed E-state index contributed by atoms with van der Waals surface area (Å²) in [6.45, 7) is 3.17. The molecule has 1 aliphatic rings. The van der Waals surface area contributed by atoms with Crippen LogP contribution in [0, 0.1) is 0 Å². The van der Waals surface area contributed by atoms with E-state index in [-0.39, 0.29) is 23.4 Å². The summed E-state index contributed by atoms with van der Waals surface area (Å²) in [5, 5.41) is 9.56. The van der Waals surface area contributed by atoms with Crippen molar-refractivity contribution < 1.29 is 24.2 Å². The van der Waals surface area contributed by atoms with Gasteiger partial charge in [-0.1, -0.05) is 42.5 Å². The molecule has 4 aromatic rings. The Labute approximate surface area is 215 Å². The number of fused-ring (bicyclic) bond motifs is 3. The van der Waals surface area contributed by atoms with Gasteiger partial charge in [0.15, 0.2) is 0 Å². The molecule has 1 aliphatic heterocycles. The maximum Gasteiger partial charge on any atom is 0.409 e. The Bertz CT molecular complexity index is 1480. The molecule has 0 aliphatic carbocycles. The zero-order valence-corrected chi connectivity index (χ0v) is 21.1. The Kier molecular flexibility index (Phi) is 6.56. The first-order chi connectivity index (χ1) is 17.9. The average Bonchev–Trinajstić information content (AvgIpc) is 3.32. The molecule has 1 aromatic heterocycles. The van der Waals surface area contributed by atoms with E-state index in [1.807, 2.05) is 18.2 Å². The summed E-state index contributed by atoms with van der Waals surface area (Å²) in [6.07, 6.45) is 1.16. The van der Waals surface area contributed by atoms with Gasteiger partial charge < -0.3 is 24.0 Å². The minimum absolute atomic E-state index is 0.0471. The molecule has 0 radical (unpaired) electrons. The number of rotatable bonds is 6. The molecule has 37 heavy (non-hydrogen) atoms. The molecule has 0 bridgehead atoms. The van der Waals surface area contributed by atoms with E-state index in [4.69, 9.17) is 14.5 Å². The Balaban J connectivity index is 1.69. The van der Waals surface area contributed by atoms with Gasteiger partial charge in [-0.2, -0.15) is 0 Å². The molecule has 1 amide bonds. The van der Waals surface area contributed by atoms with Crippen LogP contribution in [-0.4, -0.2) is 52.4 Å². The van der Waals surface area contributed by atoms with Crippen molar-refractivity contribution in [3.63, 3.8) is 0 Å². The fourth-order valence-corrected chi connectivity index (χ4v) is 5.18. The number of hydrogen-bond donors (Lipinski definition) is 1. The Hall–Kier alpha value is -4.33. The molecule has 1 N–H and O–H groups in total. The predicted octanol–water partition coefficient (Wildman–Crippen LogP) is 5.34. The normalized spacial score (nSPS) is 13.8. The molecule has 0 saturated carbocycles. The lowest BCUT2D eigenvalue weighted by Crippen LogP contribution is -2.35. The lowest BCUT2D eigenvalue weighted by atomic mass is 9.98. The van der Waals surface area contributed by atoms with Gasteiger partial charge in [-0.15, -0.1) is 0 Å². The van der Waals surface area contributed by atoms with Crippen LogP contribution in [0.3, 0.4) is 0 Å². The minimum Gasteiger partial charge on any atom is -0.496 e. The number of hydrogen-bond acceptors (Lipinski definition) is 5. The van der Waals surface area contributed by atoms with E-state index in [1.54, 1.807) is 23.1 Å². The number of benzene rings is 3. The van der Waals surface area contributed by atoms with Gasteiger partial charge in [0.25, 0.3) is 0 Å². The van der Waals surface area contributed by atoms with Gasteiger partial charge in [0.1, 0.15) is 17.1 Å². The van der Waals surface area contributed by atoms with Crippen LogP contribution in [-0.2, 0) is 24.1 Å². The smallest absolute Gasteiger partial charge is 0.409 e. The third-order valence-electron chi connectivity index (χ3n) is 7.00. The molecule has 2 heterocycles. The number of amides is 1. The first-order valence-electron chi connectivity index (χ1n) is 12.2. The van der Waals surface area contributed by atoms with Crippen LogP contribution in [0.1, 0.15) is 40.0 Å². The highest BCUT2D eigenvalue weighted by Crippen LogP contribution is 2.36. The molecule has 0 unspecified atom stereocenters. The van der Waals surface area contributed by atoms with Gasteiger partial charge in [0.2, 0.25) is 0 Å². The van der Waals surface area contributed by atoms with Gasteiger partial charge in [0.05, 0.1) is 31.8 Å². The largest absolute Gasteiger partial charge is 0.496 e. The van der Waals surface area contributed by atoms with Crippen LogP contribution in [0.15, 0.2) is 60.7 Å². The van der Waals surface area contributed by atoms with Crippen LogP contribution in [0.5, 0.6) is 5.75 Å². The van der Waals surface area contributed by atoms with Gasteiger partial charge in [0, 0.05) is 23.7 Å². The molecule has 0 spiro atoms. The highest BCUT2D eigenvalue weighted by atomic mass is 16.5. The molecule has 3 aromatic carbocycles. The predicted molar refractivity (Wildman–Crippen MR) is 140 cm³/mol. The number of ether oxygens (including phenoxy) is 2. The van der Waals surface area contributed by atoms with Crippen LogP contribution in [0.4, 0.5) is 4.79 Å². The van der Waals surface area contributed by atoms with E-state index in [2.05, 4.69) is 35.8 Å². The number of methoxy groups -OCH3 is 2. The summed E-state index contributed by atoms with van der Waals surface area (Å²) in [6, 6.07) is 19.6. The zero-order chi connectivity index (χ0) is 26.1. The third kappa shape index (κ3) is 4.50. The quantitative estimate of drug-likeness (QED) is 0.385. The van der Waals surface area contributed by atoms with Crippen molar-refractivity contribution in [3.05, 3.63) is 82.9 Å². The van der Waals surface area contributed by atoms with Crippen LogP contribution < -0.4 is 4.74 Å². The zero-order valence-electron chi connectivity index (χ0n) is 21.1. The van der Waals surface area contributed by atoms with Crippen molar-refractivity contribution in [1.29, 1.82) is 0 Å². The summed E-state index contributed by atoms with van der Waals surface area (Å²) in [4.78, 5) is 30.8. The van der Waals surface area contributed by atoms with E-state index >= 15 is 0 Å². The Morgan fingerprint density at radius 2 is 1.86 bits per heavy atom. The number of carbonyl (C=O) groups excluding carboxylic acids is 1. The Morgan fingerprint density at radius 1 is 1.08 bits per heavy atom. The second-order valence-corrected chi connectivity index (χ2v) is 9.28. The molecule has 190 valence electrons. The highest BCUT2D eigenvalue weighted by Gasteiger charge is 2.27. The number of imidazole rings is 1. The SMILES string of the molecule is COC(=O)N1CCc2ccc3c(nc(-c4ccc(C(=O)O)c(OC)c4)n3[C@@H](C)Cc3ccccc3)c2C1. The summed E-state index contributed by atoms with van der Waals surface area (Å²) >= 11 is 0. The van der Waals surface area contributed by atoms with E-state index in [1.165, 1.54) is 25.3 Å². The van der Waals surface area contributed by atoms with E-state index in [0.717, 1.165) is 40.8 Å². The fourth-order valence-electron chi connectivity index (χ4n) is 5.18. The van der Waals surface area contributed by atoms with Crippen molar-refractivity contribution in [3.8, 4) is 17.1 Å². The number of aromatic carboxylic acids is 1. The summed E-state index contributed by atoms with van der Waals surface area (Å²) < 4.78 is 12.6. The number of carboxylic acid groups (broad SMARTS) is 1. The van der Waals surface area contributed by atoms with Crippen LogP contribution >= 0.6 is 0 Å². The second-order valence-electron chi connectivity index (χ2n) is 9.28. The topological polar surface area (TPSA) is 93.9 Å². The first-order valence-corrected chi connectivity index (χ1v) is 12.2. The number of nitrogens with zero attached hydrogens (tertiary/aromatic N) is 3. The van der Waals surface area contributed by atoms with Crippen molar-refractivity contribution in [2.75, 3.05) is 20.8 Å². The number of aromatic nitrogens is 2. The third-order valence-corrected chi connectivity index (χ3v) is 7.00. The average molecular weight is 500 g/mol. The lowest BCUT2D eigenvalue weighted by Gasteiger charge is -2.28. The lowest BCUT2D eigenvalue weighted by molar-refractivity contribution is 0.0693. The molecular formula is C29H29N3O5. The highest BCUT2D eigenvalue weighted by molar-refractivity contribution is 5.92. The minimum atomic E-state index is -1.05. The second kappa shape index (κ2) is 9.97. The molecule has 0 saturated heterocycles. The maximum absolute atomic E-state index is 12.3. The standard InChI is InChI=1S/C29H29N3O5/c1-18(15-19-7-5-4-6-8-19)32-24-12-10-20-13-14-31(29(35)37-3)17-23(20)26(24)30-27(32)21-9-11-22(28(33)34)25(16-21)36-2/h4-12,16,18H,13-15,17H2,1-3H3,(H,33,34)/t18-/m0/s1. The van der Waals surface area contributed by atoms with E-state index < -0.39 is 5.97 Å². The van der Waals surface area contributed by atoms with Crippen LogP contribution in [0.25, 0.3) is 22.4 Å². The molecule has 8 heteroatoms. The van der Waals surface area contributed by atoms with Crippen molar-refractivity contribution in [2.24, 2.45) is 0 Å². The molecule has 0 fully saturated rings. The summed E-state index contributed by atoms with van der Waals surface area (Å²) in [7, 11) is 2.86. The summed E-state index contributed by atoms with van der Waals surface area (Å²) in [5.74, 6) is -0.0539. The monoisotopic (exact) mass is 499 g/mol. The van der Waals surface area contributed by atoms with Crippen molar-refractivity contribution >= 4 is 23.1 Å². The van der Waals surface area contributed by atoms with Crippen LogP contribution in [0.2, 0.25) is 0 Å². The maximum atomic E-state index is 12.3.